The summed E-state index contributed by atoms with van der Waals surface area (Å²) in [6.07, 6.45) is 0. The van der Waals surface area contributed by atoms with Gasteiger partial charge in [0.1, 0.15) is 6.61 Å². The summed E-state index contributed by atoms with van der Waals surface area (Å²) in [6.45, 7) is -1.65. The zero-order valence-corrected chi connectivity index (χ0v) is 12.1. The van der Waals surface area contributed by atoms with Crippen LogP contribution in [-0.4, -0.2) is 24.8 Å². The molecule has 2 aromatic carbocycles. The standard InChI is InChI=1S/C13H12F2O4S.Li/c14-13(15,20(16,17)18)9-19-8-10-5-6-11-3-1-2-4-12(11)7-10;/h1-7H,8-9H2,(H,16,17,18);/q;+1/p-1. The minimum absolute atomic E-state index is 0. The van der Waals surface area contributed by atoms with Crippen LogP contribution in [0.3, 0.4) is 0 Å². The van der Waals surface area contributed by atoms with E-state index < -0.39 is 22.0 Å². The smallest absolute Gasteiger partial charge is 0.743 e. The predicted molar refractivity (Wildman–Crippen MR) is 68.2 cm³/mol. The molecule has 0 radical (unpaired) electrons. The maximum atomic E-state index is 12.9. The molecule has 2 rings (SSSR count). The Morgan fingerprint density at radius 3 is 2.33 bits per heavy atom. The third-order valence-electron chi connectivity index (χ3n) is 2.72. The maximum absolute atomic E-state index is 12.9. The van der Waals surface area contributed by atoms with Gasteiger partial charge in [0.2, 0.25) is 0 Å². The average molecular weight is 308 g/mol. The van der Waals surface area contributed by atoms with Gasteiger partial charge < -0.3 is 9.29 Å². The number of fused-ring (bicyclic) bond motifs is 1. The van der Waals surface area contributed by atoms with Gasteiger partial charge in [0.15, 0.2) is 10.1 Å². The van der Waals surface area contributed by atoms with E-state index in [1.165, 1.54) is 0 Å². The molecule has 0 bridgehead atoms. The van der Waals surface area contributed by atoms with Gasteiger partial charge >= 0.3 is 24.1 Å². The Balaban J connectivity index is 0.00000220. The summed E-state index contributed by atoms with van der Waals surface area (Å²) in [5.74, 6) is 0. The third-order valence-corrected chi connectivity index (χ3v) is 3.57. The second-order valence-corrected chi connectivity index (χ2v) is 5.77. The molecule has 2 aromatic rings. The van der Waals surface area contributed by atoms with Gasteiger partial charge in [-0.1, -0.05) is 36.4 Å². The van der Waals surface area contributed by atoms with Gasteiger partial charge in [-0.05, 0) is 22.4 Å². The summed E-state index contributed by atoms with van der Waals surface area (Å²) < 4.78 is 61.2. The van der Waals surface area contributed by atoms with Crippen LogP contribution in [0.15, 0.2) is 42.5 Å². The second kappa shape index (κ2) is 6.86. The first-order chi connectivity index (χ1) is 9.29. The number of halogens is 2. The number of hydrogen-bond acceptors (Lipinski definition) is 4. The fraction of sp³-hybridized carbons (Fsp3) is 0.231. The van der Waals surface area contributed by atoms with E-state index in [2.05, 4.69) is 4.74 Å². The topological polar surface area (TPSA) is 66.4 Å². The summed E-state index contributed by atoms with van der Waals surface area (Å²) in [5, 5.41) is -2.51. The van der Waals surface area contributed by atoms with Crippen LogP contribution in [0.25, 0.3) is 10.8 Å². The molecule has 0 spiro atoms. The van der Waals surface area contributed by atoms with Crippen LogP contribution in [0.1, 0.15) is 5.56 Å². The first kappa shape index (κ1) is 18.1. The molecule has 0 amide bonds. The van der Waals surface area contributed by atoms with E-state index >= 15 is 0 Å². The van der Waals surface area contributed by atoms with E-state index in [9.17, 15) is 21.8 Å². The number of benzene rings is 2. The van der Waals surface area contributed by atoms with Crippen molar-refractivity contribution < 1.29 is 45.3 Å². The van der Waals surface area contributed by atoms with Gasteiger partial charge in [-0.2, -0.15) is 8.78 Å². The van der Waals surface area contributed by atoms with E-state index in [0.717, 1.165) is 10.8 Å². The van der Waals surface area contributed by atoms with Crippen LogP contribution < -0.4 is 18.9 Å². The molecule has 0 aromatic heterocycles. The molecule has 0 fully saturated rings. The van der Waals surface area contributed by atoms with Gasteiger partial charge in [-0.15, -0.1) is 0 Å². The quantitative estimate of drug-likeness (QED) is 0.552. The Bertz CT molecular complexity index is 719. The molecule has 0 aliphatic rings. The van der Waals surface area contributed by atoms with Gasteiger partial charge in [0, 0.05) is 0 Å². The Morgan fingerprint density at radius 2 is 1.71 bits per heavy atom. The molecule has 0 atom stereocenters. The third kappa shape index (κ3) is 4.50. The second-order valence-electron chi connectivity index (χ2n) is 4.27. The molecular weight excluding hydrogens is 297 g/mol. The van der Waals surface area contributed by atoms with Crippen LogP contribution in [0.4, 0.5) is 8.78 Å². The largest absolute Gasteiger partial charge is 1.00 e. The summed E-state index contributed by atoms with van der Waals surface area (Å²) in [6, 6.07) is 12.7. The van der Waals surface area contributed by atoms with E-state index in [4.69, 9.17) is 0 Å². The minimum Gasteiger partial charge on any atom is -0.743 e. The molecule has 0 unspecified atom stereocenters. The summed E-state index contributed by atoms with van der Waals surface area (Å²) in [7, 11) is -5.70. The molecule has 108 valence electrons. The Labute approximate surface area is 133 Å². The zero-order chi connectivity index (χ0) is 14.8. The SMILES string of the molecule is O=S(=O)([O-])C(F)(F)COCc1ccc2ccccc2c1.[Li+]. The van der Waals surface area contributed by atoms with Crippen LogP contribution in [0.5, 0.6) is 0 Å². The van der Waals surface area contributed by atoms with Gasteiger partial charge in [0.25, 0.3) is 0 Å². The zero-order valence-electron chi connectivity index (χ0n) is 11.3. The molecule has 0 aliphatic carbocycles. The van der Waals surface area contributed by atoms with Gasteiger partial charge in [-0.25, -0.2) is 8.42 Å². The van der Waals surface area contributed by atoms with Crippen molar-refractivity contribution in [2.75, 3.05) is 6.61 Å². The molecule has 0 saturated carbocycles. The number of alkyl halides is 2. The minimum atomic E-state index is -5.70. The number of hydrogen-bond donors (Lipinski definition) is 0. The van der Waals surface area contributed by atoms with Crippen molar-refractivity contribution in [2.24, 2.45) is 0 Å². The average Bonchev–Trinajstić information content (AvgIpc) is 2.37. The molecule has 21 heavy (non-hydrogen) atoms. The van der Waals surface area contributed by atoms with Crippen molar-refractivity contribution in [2.45, 2.75) is 11.9 Å². The van der Waals surface area contributed by atoms with Crippen LogP contribution in [0, 0.1) is 0 Å². The first-order valence-corrected chi connectivity index (χ1v) is 7.09. The summed E-state index contributed by atoms with van der Waals surface area (Å²) >= 11 is 0. The summed E-state index contributed by atoms with van der Waals surface area (Å²) in [5.41, 5.74) is 0.614. The van der Waals surface area contributed by atoms with E-state index in [0.29, 0.717) is 5.56 Å². The molecule has 4 nitrogen and oxygen atoms in total. The molecule has 0 saturated heterocycles. The van der Waals surface area contributed by atoms with Gasteiger partial charge in [-0.3, -0.25) is 0 Å². The molecule has 0 aliphatic heterocycles. The van der Waals surface area contributed by atoms with Crippen molar-refractivity contribution >= 4 is 20.9 Å². The molecular formula is C13H11F2LiO4S. The van der Waals surface area contributed by atoms with E-state index in [-0.39, 0.29) is 25.5 Å². The predicted octanol–water partition coefficient (Wildman–Crippen LogP) is -0.502. The van der Waals surface area contributed by atoms with E-state index in [1.54, 1.807) is 18.2 Å². The maximum Gasteiger partial charge on any atom is 1.00 e. The van der Waals surface area contributed by atoms with Crippen LogP contribution >= 0.6 is 0 Å². The monoisotopic (exact) mass is 308 g/mol. The number of rotatable bonds is 5. The van der Waals surface area contributed by atoms with Crippen LogP contribution in [0.2, 0.25) is 0 Å². The Hall–Kier alpha value is -0.973. The van der Waals surface area contributed by atoms with E-state index in [1.807, 2.05) is 24.3 Å². The fourth-order valence-corrected chi connectivity index (χ4v) is 1.92. The molecule has 8 heteroatoms. The van der Waals surface area contributed by atoms with Crippen LogP contribution in [-0.2, 0) is 21.5 Å². The first-order valence-electron chi connectivity index (χ1n) is 5.68. The fourth-order valence-electron chi connectivity index (χ4n) is 1.69. The van der Waals surface area contributed by atoms with Crippen molar-refractivity contribution in [3.8, 4) is 0 Å². The Morgan fingerprint density at radius 1 is 1.10 bits per heavy atom. The van der Waals surface area contributed by atoms with Crippen molar-refractivity contribution in [1.82, 2.24) is 0 Å². The van der Waals surface area contributed by atoms with Crippen molar-refractivity contribution in [1.29, 1.82) is 0 Å². The normalized spacial score (nSPS) is 12.1. The molecule has 0 N–H and O–H groups in total. The Kier molecular flexibility index (Phi) is 5.90. The van der Waals surface area contributed by atoms with Crippen molar-refractivity contribution in [3.63, 3.8) is 0 Å². The number of ether oxygens (including phenoxy) is 1. The van der Waals surface area contributed by atoms with Crippen molar-refractivity contribution in [3.05, 3.63) is 48.0 Å². The van der Waals surface area contributed by atoms with Gasteiger partial charge in [0.05, 0.1) is 6.61 Å². The molecule has 0 heterocycles. The summed E-state index contributed by atoms with van der Waals surface area (Å²) in [4.78, 5) is 0.